The van der Waals surface area contributed by atoms with E-state index in [0.717, 1.165) is 22.3 Å². The summed E-state index contributed by atoms with van der Waals surface area (Å²) in [6.45, 7) is 2.26. The van der Waals surface area contributed by atoms with Crippen molar-refractivity contribution in [1.82, 2.24) is 15.2 Å². The van der Waals surface area contributed by atoms with Crippen LogP contribution in [0.2, 0.25) is 0 Å². The first-order valence-electron chi connectivity index (χ1n) is 11.1. The summed E-state index contributed by atoms with van der Waals surface area (Å²) in [4.78, 5) is 44.1. The lowest BCUT2D eigenvalue weighted by Crippen LogP contribution is -2.58. The van der Waals surface area contributed by atoms with E-state index in [0.29, 0.717) is 30.6 Å². The van der Waals surface area contributed by atoms with Crippen LogP contribution in [0.3, 0.4) is 0 Å². The number of carbonyl (C=O) groups excluding carboxylic acids is 3. The number of nitrogens with one attached hydrogen (secondary N) is 3. The predicted molar refractivity (Wildman–Crippen MR) is 126 cm³/mol. The second-order valence-electron chi connectivity index (χ2n) is 8.68. The molecule has 2 aromatic carbocycles. The summed E-state index contributed by atoms with van der Waals surface area (Å²) in [6, 6.07) is 16.8. The second kappa shape index (κ2) is 8.20. The molecule has 1 unspecified atom stereocenters. The van der Waals surface area contributed by atoms with Gasteiger partial charge in [0.2, 0.25) is 11.8 Å². The van der Waals surface area contributed by atoms with Crippen LogP contribution in [-0.2, 0) is 9.59 Å². The van der Waals surface area contributed by atoms with Gasteiger partial charge in [0.05, 0.1) is 17.6 Å². The van der Waals surface area contributed by atoms with Crippen LogP contribution >= 0.6 is 0 Å². The standard InChI is InChI=1S/C25H25N5O3/c1-16-6-7-17-14-18(8-9-20(17)26-16)27-22(31)15-30-13-12-25(11-10-23(30)32)28-21-5-3-2-4-19(21)24(33)29-25/h2-9,14,28H,10-13,15H2,1H3,(H,27,31)(H,29,33). The molecule has 0 bridgehead atoms. The minimum atomic E-state index is -0.699. The number of nitrogens with zero attached hydrogens (tertiary/aromatic N) is 2. The first-order chi connectivity index (χ1) is 15.9. The summed E-state index contributed by atoms with van der Waals surface area (Å²) in [5.41, 5.74) is 3.12. The maximum absolute atomic E-state index is 12.8. The van der Waals surface area contributed by atoms with Crippen molar-refractivity contribution >= 4 is 40.0 Å². The number of benzene rings is 2. The summed E-state index contributed by atoms with van der Waals surface area (Å²) < 4.78 is 0. The molecule has 8 heteroatoms. The Balaban J connectivity index is 1.25. The first kappa shape index (κ1) is 20.9. The maximum Gasteiger partial charge on any atom is 0.255 e. The summed E-state index contributed by atoms with van der Waals surface area (Å²) in [6.07, 6.45) is 1.21. The molecule has 1 saturated heterocycles. The molecule has 33 heavy (non-hydrogen) atoms. The lowest BCUT2D eigenvalue weighted by atomic mass is 9.95. The number of aromatic nitrogens is 1. The fourth-order valence-electron chi connectivity index (χ4n) is 4.51. The van der Waals surface area contributed by atoms with Crippen molar-refractivity contribution in [3.05, 3.63) is 65.9 Å². The van der Waals surface area contributed by atoms with Crippen LogP contribution in [0.1, 0.15) is 35.3 Å². The van der Waals surface area contributed by atoms with Gasteiger partial charge in [0.15, 0.2) is 0 Å². The number of hydrogen-bond donors (Lipinski definition) is 3. The van der Waals surface area contributed by atoms with Crippen molar-refractivity contribution < 1.29 is 14.4 Å². The van der Waals surface area contributed by atoms with E-state index in [-0.39, 0.29) is 30.7 Å². The molecule has 0 saturated carbocycles. The Morgan fingerprint density at radius 2 is 1.94 bits per heavy atom. The number of carbonyl (C=O) groups is 3. The number of hydrogen-bond acceptors (Lipinski definition) is 5. The van der Waals surface area contributed by atoms with Gasteiger partial charge in [-0.2, -0.15) is 0 Å². The third-order valence-corrected chi connectivity index (χ3v) is 6.27. The van der Waals surface area contributed by atoms with Gasteiger partial charge in [-0.1, -0.05) is 18.2 Å². The Morgan fingerprint density at radius 1 is 1.09 bits per heavy atom. The summed E-state index contributed by atoms with van der Waals surface area (Å²) in [7, 11) is 0. The van der Waals surface area contributed by atoms with Crippen molar-refractivity contribution in [2.75, 3.05) is 23.7 Å². The average Bonchev–Trinajstić information content (AvgIpc) is 2.93. The van der Waals surface area contributed by atoms with E-state index in [4.69, 9.17) is 0 Å². The summed E-state index contributed by atoms with van der Waals surface area (Å²) in [5.74, 6) is -0.510. The van der Waals surface area contributed by atoms with Crippen molar-refractivity contribution in [3.8, 4) is 0 Å². The van der Waals surface area contributed by atoms with Gasteiger partial charge in [-0.15, -0.1) is 0 Å². The van der Waals surface area contributed by atoms with E-state index in [9.17, 15) is 14.4 Å². The van der Waals surface area contributed by atoms with E-state index in [1.165, 1.54) is 0 Å². The van der Waals surface area contributed by atoms with Crippen molar-refractivity contribution in [2.24, 2.45) is 0 Å². The Kier molecular flexibility index (Phi) is 5.20. The van der Waals surface area contributed by atoms with Crippen LogP contribution < -0.4 is 16.0 Å². The third-order valence-electron chi connectivity index (χ3n) is 6.27. The molecule has 168 valence electrons. The highest BCUT2D eigenvalue weighted by Gasteiger charge is 2.40. The fourth-order valence-corrected chi connectivity index (χ4v) is 4.51. The monoisotopic (exact) mass is 443 g/mol. The minimum absolute atomic E-state index is 0.0381. The molecule has 1 atom stereocenters. The number of fused-ring (bicyclic) bond motifs is 2. The number of para-hydroxylation sites is 1. The lowest BCUT2D eigenvalue weighted by molar-refractivity contribution is -0.134. The third kappa shape index (κ3) is 4.24. The Morgan fingerprint density at radius 3 is 2.82 bits per heavy atom. The number of aryl methyl sites for hydroxylation is 1. The van der Waals surface area contributed by atoms with Gasteiger partial charge in [0, 0.05) is 41.8 Å². The summed E-state index contributed by atoms with van der Waals surface area (Å²) in [5, 5.41) is 10.3. The van der Waals surface area contributed by atoms with Gasteiger partial charge >= 0.3 is 0 Å². The highest BCUT2D eigenvalue weighted by molar-refractivity contribution is 6.02. The molecule has 2 aliphatic heterocycles. The molecule has 3 N–H and O–H groups in total. The molecule has 8 nitrogen and oxygen atoms in total. The normalized spacial score (nSPS) is 20.1. The molecule has 1 aromatic heterocycles. The van der Waals surface area contributed by atoms with E-state index < -0.39 is 5.66 Å². The number of likely N-dealkylation sites (tertiary alicyclic amines) is 1. The van der Waals surface area contributed by atoms with Crippen molar-refractivity contribution in [3.63, 3.8) is 0 Å². The second-order valence-corrected chi connectivity index (χ2v) is 8.68. The lowest BCUT2D eigenvalue weighted by Gasteiger charge is -2.39. The summed E-state index contributed by atoms with van der Waals surface area (Å²) >= 11 is 0. The van der Waals surface area contributed by atoms with Gasteiger partial charge in [0.25, 0.3) is 5.91 Å². The van der Waals surface area contributed by atoms with Crippen LogP contribution in [0.15, 0.2) is 54.6 Å². The molecule has 3 amide bonds. The number of amides is 3. The minimum Gasteiger partial charge on any atom is -0.362 e. The molecule has 1 fully saturated rings. The Labute approximate surface area is 191 Å². The molecule has 1 spiro atoms. The van der Waals surface area contributed by atoms with Gasteiger partial charge in [-0.05, 0) is 49.7 Å². The molecule has 3 aromatic rings. The zero-order valence-corrected chi connectivity index (χ0v) is 18.4. The SMILES string of the molecule is Cc1ccc2cc(NC(=O)CN3CCC4(CCC3=O)NC(=O)c3ccccc3N4)ccc2n1. The van der Waals surface area contributed by atoms with E-state index >= 15 is 0 Å². The molecule has 5 rings (SSSR count). The number of anilines is 2. The van der Waals surface area contributed by atoms with Crippen LogP contribution in [0.4, 0.5) is 11.4 Å². The predicted octanol–water partition coefficient (Wildman–Crippen LogP) is 3.05. The average molecular weight is 444 g/mol. The number of rotatable bonds is 3. The Hall–Kier alpha value is -3.94. The molecule has 2 aliphatic rings. The van der Waals surface area contributed by atoms with Crippen LogP contribution in [0.5, 0.6) is 0 Å². The van der Waals surface area contributed by atoms with Crippen molar-refractivity contribution in [1.29, 1.82) is 0 Å². The molecule has 0 aliphatic carbocycles. The quantitative estimate of drug-likeness (QED) is 0.577. The molecular weight excluding hydrogens is 418 g/mol. The largest absolute Gasteiger partial charge is 0.362 e. The van der Waals surface area contributed by atoms with Gasteiger partial charge in [0.1, 0.15) is 5.66 Å². The zero-order valence-electron chi connectivity index (χ0n) is 18.4. The maximum atomic E-state index is 12.8. The van der Waals surface area contributed by atoms with E-state index in [1.807, 2.05) is 55.5 Å². The molecule has 0 radical (unpaired) electrons. The van der Waals surface area contributed by atoms with Gasteiger partial charge < -0.3 is 20.9 Å². The molecule has 3 heterocycles. The van der Waals surface area contributed by atoms with Gasteiger partial charge in [-0.3, -0.25) is 19.4 Å². The van der Waals surface area contributed by atoms with Gasteiger partial charge in [-0.25, -0.2) is 0 Å². The van der Waals surface area contributed by atoms with Crippen LogP contribution in [0.25, 0.3) is 10.9 Å². The molecular formula is C25H25N5O3. The van der Waals surface area contributed by atoms with Crippen LogP contribution in [0, 0.1) is 6.92 Å². The first-order valence-corrected chi connectivity index (χ1v) is 11.1. The number of pyridine rings is 1. The highest BCUT2D eigenvalue weighted by Crippen LogP contribution is 2.31. The topological polar surface area (TPSA) is 103 Å². The smallest absolute Gasteiger partial charge is 0.255 e. The van der Waals surface area contributed by atoms with E-state index in [1.54, 1.807) is 11.0 Å². The van der Waals surface area contributed by atoms with Crippen LogP contribution in [-0.4, -0.2) is 46.4 Å². The Bertz CT molecular complexity index is 1270. The van der Waals surface area contributed by atoms with E-state index in [2.05, 4.69) is 20.9 Å². The zero-order chi connectivity index (χ0) is 23.0. The highest BCUT2D eigenvalue weighted by atomic mass is 16.2. The fraction of sp³-hybridized carbons (Fsp3) is 0.280. The van der Waals surface area contributed by atoms with Crippen molar-refractivity contribution in [2.45, 2.75) is 31.8 Å².